The maximum Gasteiger partial charge on any atom is 0.134 e. The number of nitrogens with zero attached hydrogens (tertiary/aromatic N) is 3. The Morgan fingerprint density at radius 3 is 2.70 bits per heavy atom. The van der Waals surface area contributed by atoms with E-state index in [2.05, 4.69) is 41.1 Å². The van der Waals surface area contributed by atoms with E-state index < -0.39 is 0 Å². The van der Waals surface area contributed by atoms with Crippen LogP contribution in [0.4, 0.5) is 11.6 Å². The van der Waals surface area contributed by atoms with Crippen LogP contribution in [0.3, 0.4) is 0 Å². The van der Waals surface area contributed by atoms with Crippen molar-refractivity contribution in [3.8, 4) is 0 Å². The fourth-order valence-electron chi connectivity index (χ4n) is 2.62. The summed E-state index contributed by atoms with van der Waals surface area (Å²) in [7, 11) is 2.07. The van der Waals surface area contributed by atoms with Gasteiger partial charge in [-0.05, 0) is 32.1 Å². The number of rotatable bonds is 7. The highest BCUT2D eigenvalue weighted by Gasteiger charge is 2.28. The molecule has 0 saturated heterocycles. The Bertz CT molecular complexity index is 408. The molecule has 1 aromatic rings. The lowest BCUT2D eigenvalue weighted by atomic mass is 9.82. The number of hydrogen-bond donors (Lipinski definition) is 2. The second-order valence-corrected chi connectivity index (χ2v) is 5.68. The molecule has 20 heavy (non-hydrogen) atoms. The van der Waals surface area contributed by atoms with Crippen LogP contribution in [0.2, 0.25) is 0 Å². The summed E-state index contributed by atoms with van der Waals surface area (Å²) in [5.74, 6) is 3.37. The number of hydrogen-bond acceptors (Lipinski definition) is 5. The summed E-state index contributed by atoms with van der Waals surface area (Å²) in [6.07, 6.45) is 3.69. The largest absolute Gasteiger partial charge is 0.393 e. The van der Waals surface area contributed by atoms with Crippen LogP contribution in [-0.2, 0) is 6.42 Å². The minimum absolute atomic E-state index is 0.0910. The van der Waals surface area contributed by atoms with Crippen LogP contribution in [0.15, 0.2) is 6.07 Å². The van der Waals surface area contributed by atoms with Gasteiger partial charge in [0, 0.05) is 32.6 Å². The van der Waals surface area contributed by atoms with E-state index >= 15 is 0 Å². The fraction of sp³-hybridized carbons (Fsp3) is 0.733. The summed E-state index contributed by atoms with van der Waals surface area (Å²) in [6.45, 7) is 6.02. The standard InChI is InChI=1S/C15H26N4O/c1-4-6-13-17-14(16-5-2)9-15(18-13)19(3)10-11-7-12(20)8-11/h9,11-12,20H,4-8,10H2,1-3H3,(H,16,17,18). The smallest absolute Gasteiger partial charge is 0.134 e. The highest BCUT2D eigenvalue weighted by molar-refractivity contribution is 5.49. The van der Waals surface area contributed by atoms with Gasteiger partial charge < -0.3 is 15.3 Å². The minimum atomic E-state index is -0.0910. The van der Waals surface area contributed by atoms with Gasteiger partial charge in [0.25, 0.3) is 0 Å². The average Bonchev–Trinajstić information content (AvgIpc) is 2.37. The molecule has 0 aromatic carbocycles. The topological polar surface area (TPSA) is 61.3 Å². The molecule has 0 atom stereocenters. The first-order chi connectivity index (χ1) is 9.62. The van der Waals surface area contributed by atoms with Gasteiger partial charge in [-0.1, -0.05) is 6.92 Å². The molecule has 1 heterocycles. The Morgan fingerprint density at radius 1 is 1.35 bits per heavy atom. The Labute approximate surface area is 121 Å². The SMILES string of the molecule is CCCc1nc(NCC)cc(N(C)CC2CC(O)C2)n1. The summed E-state index contributed by atoms with van der Waals surface area (Å²) >= 11 is 0. The van der Waals surface area contributed by atoms with Gasteiger partial charge in [-0.25, -0.2) is 9.97 Å². The van der Waals surface area contributed by atoms with Crippen LogP contribution in [0.25, 0.3) is 0 Å². The Balaban J connectivity index is 2.07. The summed E-state index contributed by atoms with van der Waals surface area (Å²) in [5, 5.41) is 12.6. The van der Waals surface area contributed by atoms with Crippen molar-refractivity contribution in [2.45, 2.75) is 45.6 Å². The molecule has 0 bridgehead atoms. The predicted octanol–water partition coefficient (Wildman–Crippen LogP) is 2.07. The van der Waals surface area contributed by atoms with E-state index in [-0.39, 0.29) is 6.10 Å². The van der Waals surface area contributed by atoms with Gasteiger partial charge >= 0.3 is 0 Å². The third-order valence-corrected chi connectivity index (χ3v) is 3.72. The van der Waals surface area contributed by atoms with Crippen molar-refractivity contribution in [1.29, 1.82) is 0 Å². The number of nitrogens with one attached hydrogen (secondary N) is 1. The molecule has 0 aliphatic heterocycles. The van der Waals surface area contributed by atoms with Crippen molar-refractivity contribution in [1.82, 2.24) is 9.97 Å². The quantitative estimate of drug-likeness (QED) is 0.799. The second-order valence-electron chi connectivity index (χ2n) is 5.68. The molecule has 1 aliphatic rings. The summed E-state index contributed by atoms with van der Waals surface area (Å²) < 4.78 is 0. The summed E-state index contributed by atoms with van der Waals surface area (Å²) in [6, 6.07) is 2.01. The Morgan fingerprint density at radius 2 is 2.10 bits per heavy atom. The monoisotopic (exact) mass is 278 g/mol. The van der Waals surface area contributed by atoms with Crippen LogP contribution in [0.1, 0.15) is 38.9 Å². The zero-order chi connectivity index (χ0) is 14.5. The molecule has 0 amide bonds. The molecule has 1 saturated carbocycles. The molecular formula is C15H26N4O. The van der Waals surface area contributed by atoms with E-state index in [0.717, 1.165) is 56.2 Å². The molecular weight excluding hydrogens is 252 g/mol. The van der Waals surface area contributed by atoms with Crippen molar-refractivity contribution in [2.75, 3.05) is 30.4 Å². The molecule has 1 aliphatic carbocycles. The molecule has 2 N–H and O–H groups in total. The van der Waals surface area contributed by atoms with E-state index in [9.17, 15) is 5.11 Å². The normalized spacial score (nSPS) is 21.4. The molecule has 2 rings (SSSR count). The number of aliphatic hydroxyl groups is 1. The lowest BCUT2D eigenvalue weighted by Crippen LogP contribution is -2.37. The molecule has 5 nitrogen and oxygen atoms in total. The summed E-state index contributed by atoms with van der Waals surface area (Å²) in [4.78, 5) is 11.4. The maximum absolute atomic E-state index is 9.38. The Kier molecular flexibility index (Phi) is 5.17. The molecule has 112 valence electrons. The van der Waals surface area contributed by atoms with E-state index in [4.69, 9.17) is 0 Å². The zero-order valence-corrected chi connectivity index (χ0v) is 12.8. The molecule has 0 unspecified atom stereocenters. The van der Waals surface area contributed by atoms with E-state index in [1.54, 1.807) is 0 Å². The van der Waals surface area contributed by atoms with E-state index in [1.807, 2.05) is 6.07 Å². The van der Waals surface area contributed by atoms with Crippen LogP contribution in [0, 0.1) is 5.92 Å². The van der Waals surface area contributed by atoms with Crippen molar-refractivity contribution in [3.05, 3.63) is 11.9 Å². The number of aromatic nitrogens is 2. The van der Waals surface area contributed by atoms with E-state index in [1.165, 1.54) is 0 Å². The predicted molar refractivity (Wildman–Crippen MR) is 82.2 cm³/mol. The highest BCUT2D eigenvalue weighted by Crippen LogP contribution is 2.29. The van der Waals surface area contributed by atoms with Crippen molar-refractivity contribution >= 4 is 11.6 Å². The highest BCUT2D eigenvalue weighted by atomic mass is 16.3. The lowest BCUT2D eigenvalue weighted by Gasteiger charge is -2.34. The number of aryl methyl sites for hydroxylation is 1. The third kappa shape index (κ3) is 3.82. The lowest BCUT2D eigenvalue weighted by molar-refractivity contribution is 0.0464. The van der Waals surface area contributed by atoms with Gasteiger partial charge in [0.15, 0.2) is 0 Å². The fourth-order valence-corrected chi connectivity index (χ4v) is 2.62. The molecule has 0 radical (unpaired) electrons. The first kappa shape index (κ1) is 15.0. The van der Waals surface area contributed by atoms with Gasteiger partial charge in [-0.15, -0.1) is 0 Å². The Hall–Kier alpha value is -1.36. The third-order valence-electron chi connectivity index (χ3n) is 3.72. The molecule has 5 heteroatoms. The van der Waals surface area contributed by atoms with Gasteiger partial charge in [-0.2, -0.15) is 0 Å². The number of aliphatic hydroxyl groups excluding tert-OH is 1. The van der Waals surface area contributed by atoms with Crippen molar-refractivity contribution in [2.24, 2.45) is 5.92 Å². The minimum Gasteiger partial charge on any atom is -0.393 e. The summed E-state index contributed by atoms with van der Waals surface area (Å²) in [5.41, 5.74) is 0. The van der Waals surface area contributed by atoms with Gasteiger partial charge in [0.2, 0.25) is 0 Å². The van der Waals surface area contributed by atoms with Crippen LogP contribution in [0.5, 0.6) is 0 Å². The molecule has 0 spiro atoms. The first-order valence-electron chi connectivity index (χ1n) is 7.63. The van der Waals surface area contributed by atoms with Gasteiger partial charge in [0.1, 0.15) is 17.5 Å². The number of anilines is 2. The second kappa shape index (κ2) is 6.88. The van der Waals surface area contributed by atoms with E-state index in [0.29, 0.717) is 5.92 Å². The zero-order valence-electron chi connectivity index (χ0n) is 12.8. The van der Waals surface area contributed by atoms with Gasteiger partial charge in [-0.3, -0.25) is 0 Å². The van der Waals surface area contributed by atoms with Crippen molar-refractivity contribution < 1.29 is 5.11 Å². The maximum atomic E-state index is 9.38. The molecule has 1 aromatic heterocycles. The van der Waals surface area contributed by atoms with Crippen molar-refractivity contribution in [3.63, 3.8) is 0 Å². The average molecular weight is 278 g/mol. The first-order valence-corrected chi connectivity index (χ1v) is 7.63. The van der Waals surface area contributed by atoms with Crippen LogP contribution >= 0.6 is 0 Å². The van der Waals surface area contributed by atoms with Crippen LogP contribution in [-0.4, -0.2) is 41.3 Å². The van der Waals surface area contributed by atoms with Crippen LogP contribution < -0.4 is 10.2 Å². The van der Waals surface area contributed by atoms with Gasteiger partial charge in [0.05, 0.1) is 6.10 Å². The molecule has 1 fully saturated rings.